The number of hydrogen-bond acceptors (Lipinski definition) is 5. The van der Waals surface area contributed by atoms with Crippen LogP contribution in [0, 0.1) is 0 Å². The van der Waals surface area contributed by atoms with E-state index < -0.39 is 0 Å². The second-order valence-electron chi connectivity index (χ2n) is 6.43. The molecule has 1 aliphatic heterocycles. The maximum absolute atomic E-state index is 4.49. The molecule has 0 bridgehead atoms. The van der Waals surface area contributed by atoms with Crippen molar-refractivity contribution in [2.75, 3.05) is 13.1 Å². The summed E-state index contributed by atoms with van der Waals surface area (Å²) in [6.07, 6.45) is 11.9. The van der Waals surface area contributed by atoms with Crippen LogP contribution < -0.4 is 5.32 Å². The van der Waals surface area contributed by atoms with Gasteiger partial charge in [-0.1, -0.05) is 11.3 Å². The Morgan fingerprint density at radius 1 is 1.07 bits per heavy atom. The summed E-state index contributed by atoms with van der Waals surface area (Å²) in [5.41, 5.74) is 1.97. The highest BCUT2D eigenvalue weighted by atomic mass is 35.5. The fraction of sp³-hybridized carbons (Fsp3) is 0.444. The summed E-state index contributed by atoms with van der Waals surface area (Å²) in [7, 11) is 0. The minimum absolute atomic E-state index is 0. The van der Waals surface area contributed by atoms with Crippen LogP contribution in [-0.2, 0) is 13.0 Å². The normalized spacial score (nSPS) is 14.4. The summed E-state index contributed by atoms with van der Waals surface area (Å²) in [5, 5.41) is 12.1. The molecular formula is C18H25Cl2N7. The highest BCUT2D eigenvalue weighted by molar-refractivity contribution is 5.85. The van der Waals surface area contributed by atoms with Crippen LogP contribution in [0.15, 0.2) is 43.0 Å². The van der Waals surface area contributed by atoms with Gasteiger partial charge in [0.1, 0.15) is 5.69 Å². The van der Waals surface area contributed by atoms with Crippen molar-refractivity contribution in [3.05, 3.63) is 48.7 Å². The first kappa shape index (κ1) is 21.3. The molecule has 0 spiro atoms. The van der Waals surface area contributed by atoms with Gasteiger partial charge in [0.15, 0.2) is 5.82 Å². The van der Waals surface area contributed by atoms with Crippen LogP contribution in [0.3, 0.4) is 0 Å². The highest BCUT2D eigenvalue weighted by Gasteiger charge is 2.18. The summed E-state index contributed by atoms with van der Waals surface area (Å²) >= 11 is 0. The average molecular weight is 410 g/mol. The van der Waals surface area contributed by atoms with Gasteiger partial charge in [-0.2, -0.15) is 0 Å². The van der Waals surface area contributed by atoms with E-state index in [1.54, 1.807) is 0 Å². The lowest BCUT2D eigenvalue weighted by atomic mass is 10.1. The van der Waals surface area contributed by atoms with E-state index in [1.807, 2.05) is 41.6 Å². The molecule has 0 amide bonds. The van der Waals surface area contributed by atoms with Gasteiger partial charge in [-0.15, -0.1) is 29.9 Å². The molecule has 0 saturated carbocycles. The molecule has 1 aliphatic rings. The molecule has 0 aliphatic carbocycles. The number of nitrogens with zero attached hydrogens (tertiary/aromatic N) is 6. The molecule has 27 heavy (non-hydrogen) atoms. The maximum atomic E-state index is 4.49. The Labute approximate surface area is 171 Å². The smallest absolute Gasteiger partial charge is 0.162 e. The van der Waals surface area contributed by atoms with Crippen LogP contribution in [-0.4, -0.2) is 42.6 Å². The van der Waals surface area contributed by atoms with Crippen molar-refractivity contribution >= 4 is 24.8 Å². The van der Waals surface area contributed by atoms with Crippen LogP contribution in [0.5, 0.6) is 0 Å². The van der Waals surface area contributed by atoms with Crippen molar-refractivity contribution in [1.82, 2.24) is 34.8 Å². The summed E-state index contributed by atoms with van der Waals surface area (Å²) in [6.45, 7) is 2.98. The second kappa shape index (κ2) is 10.4. The number of halogens is 2. The molecule has 1 saturated heterocycles. The van der Waals surface area contributed by atoms with E-state index >= 15 is 0 Å². The second-order valence-corrected chi connectivity index (χ2v) is 6.43. The number of hydrogen-bond donors (Lipinski definition) is 1. The quantitative estimate of drug-likeness (QED) is 0.677. The van der Waals surface area contributed by atoms with Crippen molar-refractivity contribution in [1.29, 1.82) is 0 Å². The van der Waals surface area contributed by atoms with E-state index in [4.69, 9.17) is 0 Å². The van der Waals surface area contributed by atoms with Gasteiger partial charge < -0.3 is 9.88 Å². The number of rotatable bonds is 6. The Kier molecular flexibility index (Phi) is 8.22. The van der Waals surface area contributed by atoms with Crippen molar-refractivity contribution in [3.8, 4) is 11.5 Å². The molecule has 4 rings (SSSR count). The lowest BCUT2D eigenvalue weighted by molar-refractivity contribution is 0.337. The first-order valence-corrected chi connectivity index (χ1v) is 8.94. The van der Waals surface area contributed by atoms with Gasteiger partial charge in [-0.3, -0.25) is 4.98 Å². The highest BCUT2D eigenvalue weighted by Crippen LogP contribution is 2.21. The molecule has 0 atom stereocenters. The van der Waals surface area contributed by atoms with Gasteiger partial charge in [0.2, 0.25) is 0 Å². The van der Waals surface area contributed by atoms with Gasteiger partial charge >= 0.3 is 0 Å². The Balaban J connectivity index is 0.00000131. The van der Waals surface area contributed by atoms with Crippen molar-refractivity contribution in [2.24, 2.45) is 0 Å². The van der Waals surface area contributed by atoms with Crippen LogP contribution in [0.25, 0.3) is 11.5 Å². The molecule has 4 heterocycles. The van der Waals surface area contributed by atoms with Crippen LogP contribution in [0.4, 0.5) is 0 Å². The third-order valence-electron chi connectivity index (χ3n) is 4.70. The van der Waals surface area contributed by atoms with Gasteiger partial charge in [-0.05, 0) is 50.9 Å². The van der Waals surface area contributed by atoms with Crippen LogP contribution >= 0.6 is 24.8 Å². The zero-order valence-corrected chi connectivity index (χ0v) is 16.7. The van der Waals surface area contributed by atoms with Crippen LogP contribution in [0.1, 0.15) is 31.0 Å². The van der Waals surface area contributed by atoms with E-state index in [0.29, 0.717) is 6.04 Å². The molecule has 1 fully saturated rings. The minimum atomic E-state index is 0. The maximum Gasteiger partial charge on any atom is 0.162 e. The first-order valence-electron chi connectivity index (χ1n) is 8.94. The Bertz CT molecular complexity index is 797. The predicted molar refractivity (Wildman–Crippen MR) is 109 cm³/mol. The van der Waals surface area contributed by atoms with Crippen molar-refractivity contribution < 1.29 is 0 Å². The zero-order chi connectivity index (χ0) is 16.9. The Morgan fingerprint density at radius 3 is 2.70 bits per heavy atom. The monoisotopic (exact) mass is 409 g/mol. The summed E-state index contributed by atoms with van der Waals surface area (Å²) in [6, 6.07) is 6.49. The van der Waals surface area contributed by atoms with E-state index in [0.717, 1.165) is 62.5 Å². The summed E-state index contributed by atoms with van der Waals surface area (Å²) in [4.78, 5) is 8.87. The van der Waals surface area contributed by atoms with Gasteiger partial charge in [0.25, 0.3) is 0 Å². The molecule has 146 valence electrons. The number of pyridine rings is 1. The predicted octanol–water partition coefficient (Wildman–Crippen LogP) is 2.94. The zero-order valence-electron chi connectivity index (χ0n) is 15.1. The standard InChI is InChI=1S/C18H23N7.2ClH/c1-2-8-20-15(4-1)5-3-12-24-13-11-21-18(24)17-14-25(23-22-17)16-6-9-19-10-7-16;;/h1-2,4,8,11,13-14,16,19H,3,5-7,9-10,12H2;2*1H. The Hall–Kier alpha value is -1.96. The molecule has 9 heteroatoms. The van der Waals surface area contributed by atoms with Crippen LogP contribution in [0.2, 0.25) is 0 Å². The van der Waals surface area contributed by atoms with E-state index in [2.05, 4.69) is 36.2 Å². The molecule has 7 nitrogen and oxygen atoms in total. The molecule has 3 aromatic rings. The third kappa shape index (κ3) is 5.28. The Morgan fingerprint density at radius 2 is 1.93 bits per heavy atom. The minimum Gasteiger partial charge on any atom is -0.330 e. The van der Waals surface area contributed by atoms with E-state index in [9.17, 15) is 0 Å². The van der Waals surface area contributed by atoms with Gasteiger partial charge in [0.05, 0.1) is 12.2 Å². The summed E-state index contributed by atoms with van der Waals surface area (Å²) in [5.74, 6) is 0.890. The largest absolute Gasteiger partial charge is 0.330 e. The number of aromatic nitrogens is 6. The SMILES string of the molecule is Cl.Cl.c1ccc(CCCn2ccnc2-c2cn(C3CCNCC3)nn2)nc1. The first-order chi connectivity index (χ1) is 12.4. The van der Waals surface area contributed by atoms with Crippen molar-refractivity contribution in [2.45, 2.75) is 38.3 Å². The van der Waals surface area contributed by atoms with E-state index in [1.165, 1.54) is 0 Å². The number of aryl methyl sites for hydroxylation is 2. The topological polar surface area (TPSA) is 73.5 Å². The fourth-order valence-corrected chi connectivity index (χ4v) is 3.33. The third-order valence-corrected chi connectivity index (χ3v) is 4.70. The number of imidazole rings is 1. The molecule has 0 aromatic carbocycles. The van der Waals surface area contributed by atoms with Crippen molar-refractivity contribution in [3.63, 3.8) is 0 Å². The van der Waals surface area contributed by atoms with Gasteiger partial charge in [0, 0.05) is 30.8 Å². The molecule has 1 N–H and O–H groups in total. The lowest BCUT2D eigenvalue weighted by Crippen LogP contribution is -2.29. The fourth-order valence-electron chi connectivity index (χ4n) is 3.33. The molecule has 0 unspecified atom stereocenters. The number of piperidine rings is 1. The van der Waals surface area contributed by atoms with Gasteiger partial charge in [-0.25, -0.2) is 9.67 Å². The number of nitrogens with one attached hydrogen (secondary N) is 1. The average Bonchev–Trinajstić information content (AvgIpc) is 3.32. The lowest BCUT2D eigenvalue weighted by Gasteiger charge is -2.22. The molecule has 0 radical (unpaired) electrons. The molecule has 3 aromatic heterocycles. The van der Waals surface area contributed by atoms with E-state index in [-0.39, 0.29) is 24.8 Å². The molecular weight excluding hydrogens is 385 g/mol. The summed E-state index contributed by atoms with van der Waals surface area (Å²) < 4.78 is 4.16.